The predicted octanol–water partition coefficient (Wildman–Crippen LogP) is 2.58. The molecule has 5 N–H and O–H groups in total. The highest BCUT2D eigenvalue weighted by Gasteiger charge is 2.32. The van der Waals surface area contributed by atoms with Gasteiger partial charge < -0.3 is 21.3 Å². The number of aliphatic hydroxyl groups is 2. The molecule has 0 aromatic heterocycles. The molecule has 1 aliphatic rings. The van der Waals surface area contributed by atoms with Crippen molar-refractivity contribution in [1.82, 2.24) is 5.32 Å². The molecule has 25 heavy (non-hydrogen) atoms. The summed E-state index contributed by atoms with van der Waals surface area (Å²) in [6.45, 7) is 8.01. The van der Waals surface area contributed by atoms with Crippen LogP contribution in [0.25, 0.3) is 0 Å². The zero-order valence-corrected chi connectivity index (χ0v) is 16.6. The van der Waals surface area contributed by atoms with Gasteiger partial charge in [-0.1, -0.05) is 66.2 Å². The van der Waals surface area contributed by atoms with Crippen LogP contribution in [0.1, 0.15) is 79.1 Å². The van der Waals surface area contributed by atoms with Gasteiger partial charge in [-0.05, 0) is 30.6 Å². The van der Waals surface area contributed by atoms with Crippen LogP contribution in [0.4, 0.5) is 0 Å². The van der Waals surface area contributed by atoms with Crippen LogP contribution in [0.5, 0.6) is 0 Å². The summed E-state index contributed by atoms with van der Waals surface area (Å²) in [4.78, 5) is 12.5. The number of carbonyl (C=O) groups excluding carboxylic acids is 1. The van der Waals surface area contributed by atoms with E-state index in [1.807, 2.05) is 27.7 Å². The smallest absolute Gasteiger partial charge is 0.237 e. The van der Waals surface area contributed by atoms with Crippen molar-refractivity contribution >= 4 is 5.91 Å². The lowest BCUT2D eigenvalue weighted by Crippen LogP contribution is -2.55. The summed E-state index contributed by atoms with van der Waals surface area (Å²) in [5.74, 6) is 0.664. The van der Waals surface area contributed by atoms with Crippen molar-refractivity contribution in [2.75, 3.05) is 0 Å². The van der Waals surface area contributed by atoms with E-state index in [0.29, 0.717) is 12.3 Å². The summed E-state index contributed by atoms with van der Waals surface area (Å²) >= 11 is 0. The molecule has 0 aromatic rings. The number of hydrogen-bond acceptors (Lipinski definition) is 4. The first-order chi connectivity index (χ1) is 11.8. The van der Waals surface area contributed by atoms with Gasteiger partial charge in [0.2, 0.25) is 5.91 Å². The van der Waals surface area contributed by atoms with Crippen molar-refractivity contribution in [1.29, 1.82) is 0 Å². The monoisotopic (exact) mass is 356 g/mol. The van der Waals surface area contributed by atoms with Gasteiger partial charge in [-0.2, -0.15) is 0 Å². The van der Waals surface area contributed by atoms with Crippen LogP contribution in [0.3, 0.4) is 0 Å². The third-order valence-corrected chi connectivity index (χ3v) is 5.72. The zero-order valence-electron chi connectivity index (χ0n) is 16.6. The lowest BCUT2D eigenvalue weighted by Gasteiger charge is -2.33. The fourth-order valence-electron chi connectivity index (χ4n) is 3.75. The van der Waals surface area contributed by atoms with E-state index < -0.39 is 24.3 Å². The Balaban J connectivity index is 2.76. The summed E-state index contributed by atoms with van der Waals surface area (Å²) in [5, 5.41) is 24.0. The highest BCUT2D eigenvalue weighted by atomic mass is 16.3. The van der Waals surface area contributed by atoms with Crippen molar-refractivity contribution in [2.24, 2.45) is 23.5 Å². The van der Waals surface area contributed by atoms with E-state index in [2.05, 4.69) is 5.32 Å². The molecule has 0 aromatic carbocycles. The molecule has 5 atom stereocenters. The van der Waals surface area contributed by atoms with Crippen molar-refractivity contribution < 1.29 is 15.0 Å². The maximum absolute atomic E-state index is 12.5. The molecular formula is C20H40N2O3. The number of rotatable bonds is 10. The molecule has 5 nitrogen and oxygen atoms in total. The fourth-order valence-corrected chi connectivity index (χ4v) is 3.75. The second kappa shape index (κ2) is 11.1. The van der Waals surface area contributed by atoms with Crippen molar-refractivity contribution in [3.05, 3.63) is 0 Å². The molecule has 0 radical (unpaired) electrons. The number of aliphatic hydroxyl groups excluding tert-OH is 2. The van der Waals surface area contributed by atoms with Crippen LogP contribution < -0.4 is 11.1 Å². The first-order valence-electron chi connectivity index (χ1n) is 10.2. The van der Waals surface area contributed by atoms with E-state index in [4.69, 9.17) is 5.73 Å². The van der Waals surface area contributed by atoms with E-state index in [9.17, 15) is 15.0 Å². The maximum Gasteiger partial charge on any atom is 0.237 e. The maximum atomic E-state index is 12.5. The Labute approximate surface area is 153 Å². The number of hydrogen-bond donors (Lipinski definition) is 4. The minimum Gasteiger partial charge on any atom is -0.390 e. The van der Waals surface area contributed by atoms with Crippen LogP contribution in [-0.4, -0.2) is 40.4 Å². The summed E-state index contributed by atoms with van der Waals surface area (Å²) in [6.07, 6.45) is 6.26. The van der Waals surface area contributed by atoms with Crippen molar-refractivity contribution in [3.8, 4) is 0 Å². The molecule has 1 fully saturated rings. The van der Waals surface area contributed by atoms with Gasteiger partial charge in [-0.3, -0.25) is 4.79 Å². The minimum atomic E-state index is -0.947. The molecule has 1 aliphatic carbocycles. The molecule has 0 heterocycles. The number of amides is 1. The Bertz CT molecular complexity index is 383. The molecule has 148 valence electrons. The third-order valence-electron chi connectivity index (χ3n) is 5.72. The van der Waals surface area contributed by atoms with Crippen LogP contribution in [-0.2, 0) is 4.79 Å². The standard InChI is InChI=1S/C20H40N2O3/c1-5-14(4)18(21)20(25)22-16(12-15-9-7-6-8-10-15)19(24)17(23)11-13(2)3/h13-19,23-24H,5-12,21H2,1-4H3,(H,22,25)/t14?,16-,17-,18-,19+/m0/s1. The summed E-state index contributed by atoms with van der Waals surface area (Å²) in [6, 6.07) is -1.01. The van der Waals surface area contributed by atoms with E-state index in [1.54, 1.807) is 0 Å². The Morgan fingerprint density at radius 2 is 1.76 bits per heavy atom. The molecule has 0 bridgehead atoms. The molecule has 0 saturated heterocycles. The van der Waals surface area contributed by atoms with Gasteiger partial charge in [0.15, 0.2) is 0 Å². The highest BCUT2D eigenvalue weighted by Crippen LogP contribution is 2.29. The molecule has 5 heteroatoms. The van der Waals surface area contributed by atoms with Crippen LogP contribution in [0.15, 0.2) is 0 Å². The van der Waals surface area contributed by atoms with E-state index in [-0.39, 0.29) is 17.7 Å². The molecule has 1 unspecified atom stereocenters. The summed E-state index contributed by atoms with van der Waals surface area (Å²) in [5.41, 5.74) is 6.05. The van der Waals surface area contributed by atoms with Gasteiger partial charge in [-0.15, -0.1) is 0 Å². The third kappa shape index (κ3) is 7.63. The predicted molar refractivity (Wildman–Crippen MR) is 102 cm³/mol. The highest BCUT2D eigenvalue weighted by molar-refractivity contribution is 5.82. The van der Waals surface area contributed by atoms with E-state index in [1.165, 1.54) is 19.3 Å². The molecule has 1 rings (SSSR count). The van der Waals surface area contributed by atoms with Gasteiger partial charge >= 0.3 is 0 Å². The average Bonchev–Trinajstić information content (AvgIpc) is 2.59. The summed E-state index contributed by atoms with van der Waals surface area (Å²) < 4.78 is 0. The Kier molecular flexibility index (Phi) is 9.98. The van der Waals surface area contributed by atoms with Gasteiger partial charge in [-0.25, -0.2) is 0 Å². The van der Waals surface area contributed by atoms with Crippen LogP contribution in [0, 0.1) is 17.8 Å². The molecule has 0 aliphatic heterocycles. The second-order valence-corrected chi connectivity index (χ2v) is 8.45. The molecular weight excluding hydrogens is 316 g/mol. The molecule has 1 saturated carbocycles. The zero-order chi connectivity index (χ0) is 19.0. The Morgan fingerprint density at radius 3 is 2.28 bits per heavy atom. The second-order valence-electron chi connectivity index (χ2n) is 8.45. The number of nitrogens with one attached hydrogen (secondary N) is 1. The molecule has 0 spiro atoms. The fraction of sp³-hybridized carbons (Fsp3) is 0.950. The quantitative estimate of drug-likeness (QED) is 0.484. The van der Waals surface area contributed by atoms with Crippen molar-refractivity contribution in [3.63, 3.8) is 0 Å². The number of carbonyl (C=O) groups is 1. The first kappa shape index (κ1) is 22.4. The van der Waals surface area contributed by atoms with Gasteiger partial charge in [0.05, 0.1) is 18.2 Å². The number of nitrogens with two attached hydrogens (primary N) is 1. The normalized spacial score (nSPS) is 22.2. The minimum absolute atomic E-state index is 0.0908. The SMILES string of the molecule is CCC(C)[C@H](N)C(=O)N[C@@H](CC1CCCCC1)[C@@H](O)[C@@H](O)CC(C)C. The first-order valence-corrected chi connectivity index (χ1v) is 10.2. The van der Waals surface area contributed by atoms with Gasteiger partial charge in [0.25, 0.3) is 0 Å². The van der Waals surface area contributed by atoms with Gasteiger partial charge in [0.1, 0.15) is 6.10 Å². The van der Waals surface area contributed by atoms with Crippen molar-refractivity contribution in [2.45, 2.75) is 103 Å². The van der Waals surface area contributed by atoms with Crippen LogP contribution in [0.2, 0.25) is 0 Å². The molecule has 1 amide bonds. The Morgan fingerprint density at radius 1 is 1.16 bits per heavy atom. The lowest BCUT2D eigenvalue weighted by atomic mass is 9.82. The summed E-state index contributed by atoms with van der Waals surface area (Å²) in [7, 11) is 0. The average molecular weight is 357 g/mol. The van der Waals surface area contributed by atoms with E-state index >= 15 is 0 Å². The van der Waals surface area contributed by atoms with Crippen LogP contribution >= 0.6 is 0 Å². The largest absolute Gasteiger partial charge is 0.390 e. The Hall–Kier alpha value is -0.650. The topological polar surface area (TPSA) is 95.6 Å². The lowest BCUT2D eigenvalue weighted by molar-refractivity contribution is -0.126. The van der Waals surface area contributed by atoms with Gasteiger partial charge in [0, 0.05) is 0 Å². The van der Waals surface area contributed by atoms with E-state index in [0.717, 1.165) is 25.7 Å².